The van der Waals surface area contributed by atoms with E-state index in [0.717, 1.165) is 36.5 Å². The van der Waals surface area contributed by atoms with Crippen LogP contribution in [0.15, 0.2) is 0 Å². The van der Waals surface area contributed by atoms with Gasteiger partial charge in [-0.05, 0) is 92.3 Å². The molecule has 1 nitrogen and oxygen atoms in total. The smallest absolute Gasteiger partial charge is 0.0543 e. The Labute approximate surface area is 124 Å². The van der Waals surface area contributed by atoms with Gasteiger partial charge >= 0.3 is 0 Å². The first-order chi connectivity index (χ1) is 9.53. The van der Waals surface area contributed by atoms with Crippen molar-refractivity contribution in [3.63, 3.8) is 0 Å². The largest absolute Gasteiger partial charge is 0.393 e. The number of aliphatic hydroxyl groups is 1. The molecule has 0 amide bonds. The standard InChI is InChI=1S/C19H32O/c1-18-9-3-4-16(18)15-6-5-13-12-14(20)7-11-19(13,2)17(15)8-10-18/h13-17,20H,3-12H2,1-2H3/t13-,14-,15?,16?,17?,18-,19-/m0/s1. The molecular formula is C19H32O. The van der Waals surface area contributed by atoms with Gasteiger partial charge in [0.15, 0.2) is 0 Å². The van der Waals surface area contributed by atoms with E-state index < -0.39 is 0 Å². The Morgan fingerprint density at radius 3 is 2.55 bits per heavy atom. The minimum atomic E-state index is 0.00459. The topological polar surface area (TPSA) is 20.2 Å². The minimum absolute atomic E-state index is 0.00459. The predicted molar refractivity (Wildman–Crippen MR) is 82.4 cm³/mol. The van der Waals surface area contributed by atoms with Crippen LogP contribution in [0.2, 0.25) is 0 Å². The zero-order valence-corrected chi connectivity index (χ0v) is 13.4. The van der Waals surface area contributed by atoms with E-state index in [0.29, 0.717) is 10.8 Å². The Bertz CT molecular complexity index is 391. The highest BCUT2D eigenvalue weighted by Gasteiger charge is 2.57. The van der Waals surface area contributed by atoms with Crippen molar-refractivity contribution >= 4 is 0 Å². The minimum Gasteiger partial charge on any atom is -0.393 e. The van der Waals surface area contributed by atoms with E-state index in [1.54, 1.807) is 0 Å². The summed E-state index contributed by atoms with van der Waals surface area (Å²) in [6.07, 6.45) is 13.8. The molecule has 7 atom stereocenters. The molecular weight excluding hydrogens is 244 g/mol. The van der Waals surface area contributed by atoms with Crippen LogP contribution in [0.5, 0.6) is 0 Å². The molecule has 0 aromatic heterocycles. The van der Waals surface area contributed by atoms with E-state index in [-0.39, 0.29) is 6.10 Å². The van der Waals surface area contributed by atoms with Gasteiger partial charge in [0.05, 0.1) is 6.10 Å². The summed E-state index contributed by atoms with van der Waals surface area (Å²) in [4.78, 5) is 0. The van der Waals surface area contributed by atoms with Crippen molar-refractivity contribution < 1.29 is 5.11 Å². The van der Waals surface area contributed by atoms with E-state index in [2.05, 4.69) is 13.8 Å². The van der Waals surface area contributed by atoms with Gasteiger partial charge in [0.1, 0.15) is 0 Å². The van der Waals surface area contributed by atoms with E-state index in [1.165, 1.54) is 51.4 Å². The molecule has 4 rings (SSSR count). The molecule has 0 heterocycles. The number of rotatable bonds is 0. The third-order valence-electron chi connectivity index (χ3n) is 8.42. The van der Waals surface area contributed by atoms with Crippen LogP contribution in [0.25, 0.3) is 0 Å². The maximum absolute atomic E-state index is 10.0. The van der Waals surface area contributed by atoms with E-state index in [4.69, 9.17) is 0 Å². The van der Waals surface area contributed by atoms with Crippen LogP contribution in [0.3, 0.4) is 0 Å². The van der Waals surface area contributed by atoms with Crippen LogP contribution in [0.1, 0.15) is 78.1 Å². The quantitative estimate of drug-likeness (QED) is 0.675. The lowest BCUT2D eigenvalue weighted by Gasteiger charge is -2.60. The van der Waals surface area contributed by atoms with Gasteiger partial charge in [0.25, 0.3) is 0 Å². The van der Waals surface area contributed by atoms with Crippen LogP contribution >= 0.6 is 0 Å². The molecule has 0 aromatic carbocycles. The van der Waals surface area contributed by atoms with Gasteiger partial charge in [0, 0.05) is 0 Å². The van der Waals surface area contributed by atoms with Gasteiger partial charge < -0.3 is 5.11 Å². The maximum Gasteiger partial charge on any atom is 0.0543 e. The molecule has 114 valence electrons. The SMILES string of the molecule is C[C@@]12CCCC1C1CC[C@H]3C[C@@H](O)CC[C@]3(C)C1CC2. The summed E-state index contributed by atoms with van der Waals surface area (Å²) in [7, 11) is 0. The summed E-state index contributed by atoms with van der Waals surface area (Å²) < 4.78 is 0. The fourth-order valence-electron chi connectivity index (χ4n) is 7.23. The maximum atomic E-state index is 10.0. The highest BCUT2D eigenvalue weighted by molar-refractivity contribution is 5.07. The number of hydrogen-bond donors (Lipinski definition) is 1. The number of aliphatic hydroxyl groups excluding tert-OH is 1. The lowest BCUT2D eigenvalue weighted by atomic mass is 9.45. The second kappa shape index (κ2) is 4.48. The molecule has 4 saturated carbocycles. The highest BCUT2D eigenvalue weighted by atomic mass is 16.3. The van der Waals surface area contributed by atoms with Crippen molar-refractivity contribution in [1.29, 1.82) is 0 Å². The van der Waals surface area contributed by atoms with Crippen molar-refractivity contribution in [3.05, 3.63) is 0 Å². The first kappa shape index (κ1) is 13.6. The molecule has 4 aliphatic rings. The highest BCUT2D eigenvalue weighted by Crippen LogP contribution is 2.66. The van der Waals surface area contributed by atoms with Crippen LogP contribution in [-0.2, 0) is 0 Å². The monoisotopic (exact) mass is 276 g/mol. The van der Waals surface area contributed by atoms with Crippen LogP contribution in [0.4, 0.5) is 0 Å². The molecule has 20 heavy (non-hydrogen) atoms. The van der Waals surface area contributed by atoms with Crippen LogP contribution < -0.4 is 0 Å². The lowest BCUT2D eigenvalue weighted by molar-refractivity contribution is -0.120. The average molecular weight is 276 g/mol. The molecule has 0 aromatic rings. The summed E-state index contributed by atoms with van der Waals surface area (Å²) >= 11 is 0. The van der Waals surface area contributed by atoms with Gasteiger partial charge in [0.2, 0.25) is 0 Å². The van der Waals surface area contributed by atoms with Gasteiger partial charge in [-0.1, -0.05) is 20.3 Å². The third-order valence-corrected chi connectivity index (χ3v) is 8.42. The van der Waals surface area contributed by atoms with E-state index >= 15 is 0 Å². The molecule has 1 heteroatoms. The number of fused-ring (bicyclic) bond motifs is 5. The van der Waals surface area contributed by atoms with E-state index in [9.17, 15) is 5.11 Å². The molecule has 4 fully saturated rings. The summed E-state index contributed by atoms with van der Waals surface area (Å²) in [6.45, 7) is 5.19. The zero-order valence-electron chi connectivity index (χ0n) is 13.4. The van der Waals surface area contributed by atoms with Crippen molar-refractivity contribution in [3.8, 4) is 0 Å². The first-order valence-corrected chi connectivity index (χ1v) is 9.21. The Kier molecular flexibility index (Phi) is 3.05. The third kappa shape index (κ3) is 1.77. The fourth-order valence-corrected chi connectivity index (χ4v) is 7.23. The fraction of sp³-hybridized carbons (Fsp3) is 1.00. The van der Waals surface area contributed by atoms with Gasteiger partial charge in [-0.2, -0.15) is 0 Å². The van der Waals surface area contributed by atoms with Crippen molar-refractivity contribution in [2.45, 2.75) is 84.2 Å². The Hall–Kier alpha value is -0.0400. The van der Waals surface area contributed by atoms with Crippen molar-refractivity contribution in [1.82, 2.24) is 0 Å². The molecule has 3 unspecified atom stereocenters. The summed E-state index contributed by atoms with van der Waals surface area (Å²) in [5, 5.41) is 10.0. The number of hydrogen-bond acceptors (Lipinski definition) is 1. The van der Waals surface area contributed by atoms with Gasteiger partial charge in [-0.15, -0.1) is 0 Å². The van der Waals surface area contributed by atoms with Crippen LogP contribution in [-0.4, -0.2) is 11.2 Å². The lowest BCUT2D eigenvalue weighted by Crippen LogP contribution is -2.53. The molecule has 0 radical (unpaired) electrons. The zero-order chi connectivity index (χ0) is 14.0. The molecule has 4 aliphatic carbocycles. The Morgan fingerprint density at radius 2 is 1.70 bits per heavy atom. The van der Waals surface area contributed by atoms with Gasteiger partial charge in [-0.3, -0.25) is 0 Å². The van der Waals surface area contributed by atoms with Gasteiger partial charge in [-0.25, -0.2) is 0 Å². The molecule has 1 N–H and O–H groups in total. The van der Waals surface area contributed by atoms with Crippen LogP contribution in [0, 0.1) is 34.5 Å². The average Bonchev–Trinajstić information content (AvgIpc) is 2.81. The molecule has 0 aliphatic heterocycles. The van der Waals surface area contributed by atoms with Crippen molar-refractivity contribution in [2.75, 3.05) is 0 Å². The molecule has 0 bridgehead atoms. The Balaban J connectivity index is 1.62. The van der Waals surface area contributed by atoms with E-state index in [1.807, 2.05) is 0 Å². The normalized spacial score (nSPS) is 58.6. The summed E-state index contributed by atoms with van der Waals surface area (Å²) in [5.41, 5.74) is 1.25. The van der Waals surface area contributed by atoms with Crippen molar-refractivity contribution in [2.24, 2.45) is 34.5 Å². The predicted octanol–water partition coefficient (Wildman–Crippen LogP) is 4.78. The second-order valence-electron chi connectivity index (χ2n) is 9.17. The molecule has 0 spiro atoms. The molecule has 0 saturated heterocycles. The summed E-state index contributed by atoms with van der Waals surface area (Å²) in [6, 6.07) is 0. The Morgan fingerprint density at radius 1 is 0.850 bits per heavy atom. The first-order valence-electron chi connectivity index (χ1n) is 9.21. The summed E-state index contributed by atoms with van der Waals surface area (Å²) in [5.74, 6) is 3.85. The second-order valence-corrected chi connectivity index (χ2v) is 9.17.